The molecular weight excluding hydrogens is 811 g/mol. The molecule has 67 heavy (non-hydrogen) atoms. The van der Waals surface area contributed by atoms with Gasteiger partial charge in [-0.05, 0) is 175 Å². The van der Waals surface area contributed by atoms with Gasteiger partial charge in [0.15, 0.2) is 0 Å². The third-order valence-corrected chi connectivity index (χ3v) is 14.7. The van der Waals surface area contributed by atoms with Crippen LogP contribution in [0.3, 0.4) is 0 Å². The number of nitrogens with zero attached hydrogens (tertiary/aromatic N) is 3. The van der Waals surface area contributed by atoms with Gasteiger partial charge in [0.1, 0.15) is 0 Å². The van der Waals surface area contributed by atoms with E-state index in [1.807, 2.05) is 0 Å². The van der Waals surface area contributed by atoms with Crippen LogP contribution >= 0.6 is 0 Å². The van der Waals surface area contributed by atoms with Crippen molar-refractivity contribution in [2.24, 2.45) is 0 Å². The van der Waals surface area contributed by atoms with E-state index in [2.05, 4.69) is 227 Å². The van der Waals surface area contributed by atoms with Crippen molar-refractivity contribution >= 4 is 55.8 Å². The van der Waals surface area contributed by atoms with Crippen molar-refractivity contribution in [1.29, 1.82) is 0 Å². The molecule has 3 heteroatoms. The van der Waals surface area contributed by atoms with Gasteiger partial charge < -0.3 is 13.7 Å². The number of fused-ring (bicyclic) bond motifs is 9. The maximum atomic E-state index is 2.51. The first-order chi connectivity index (χ1) is 33.1. The number of hydrogen-bond acceptors (Lipinski definition) is 0. The fourth-order valence-corrected chi connectivity index (χ4v) is 11.5. The van der Waals surface area contributed by atoms with E-state index in [-0.39, 0.29) is 0 Å². The Labute approximate surface area is 392 Å². The summed E-state index contributed by atoms with van der Waals surface area (Å²) in [7, 11) is 0. The largest absolute Gasteiger partial charge is 0.310 e. The second kappa shape index (κ2) is 16.2. The van der Waals surface area contributed by atoms with Crippen molar-refractivity contribution in [3.8, 4) is 17.1 Å². The molecule has 0 fully saturated rings. The van der Waals surface area contributed by atoms with E-state index >= 15 is 0 Å². The zero-order valence-corrected chi connectivity index (χ0v) is 37.9. The summed E-state index contributed by atoms with van der Waals surface area (Å²) >= 11 is 0. The highest BCUT2D eigenvalue weighted by molar-refractivity contribution is 6.09. The molecule has 0 atom stereocenters. The topological polar surface area (TPSA) is 14.8 Å². The minimum Gasteiger partial charge on any atom is -0.310 e. The first-order valence-electron chi connectivity index (χ1n) is 24.1. The van der Waals surface area contributed by atoms with Gasteiger partial charge >= 0.3 is 0 Å². The number of hydrogen-bond donors (Lipinski definition) is 0. The highest BCUT2D eigenvalue weighted by Crippen LogP contribution is 2.37. The van der Waals surface area contributed by atoms with Crippen LogP contribution in [-0.4, -0.2) is 13.7 Å². The third kappa shape index (κ3) is 6.80. The summed E-state index contributed by atoms with van der Waals surface area (Å²) < 4.78 is 7.31. The predicted molar refractivity (Wildman–Crippen MR) is 282 cm³/mol. The third-order valence-electron chi connectivity index (χ3n) is 14.7. The Bertz CT molecular complexity index is 3700. The summed E-state index contributed by atoms with van der Waals surface area (Å²) in [6.07, 6.45) is 16.3. The van der Waals surface area contributed by atoms with Crippen molar-refractivity contribution in [3.05, 3.63) is 256 Å². The molecule has 0 unspecified atom stereocenters. The molecule has 11 aromatic rings. The number of aryl methyl sites for hydroxylation is 3. The predicted octanol–water partition coefficient (Wildman–Crippen LogP) is 15.7. The van der Waals surface area contributed by atoms with Gasteiger partial charge in [0, 0.05) is 50.0 Å². The lowest BCUT2D eigenvalue weighted by Crippen LogP contribution is -2.04. The highest BCUT2D eigenvalue weighted by Gasteiger charge is 2.20. The monoisotopic (exact) mass is 861 g/mol. The molecule has 0 bridgehead atoms. The van der Waals surface area contributed by atoms with E-state index in [0.717, 1.165) is 44.9 Å². The van der Waals surface area contributed by atoms with E-state index in [4.69, 9.17) is 0 Å². The summed E-state index contributed by atoms with van der Waals surface area (Å²) in [5.41, 5.74) is 23.7. The Morgan fingerprint density at radius 3 is 1.16 bits per heavy atom. The quantitative estimate of drug-likeness (QED) is 0.137. The van der Waals surface area contributed by atoms with Crippen LogP contribution in [0.15, 0.2) is 194 Å². The first-order valence-corrected chi connectivity index (χ1v) is 24.1. The molecule has 0 spiro atoms. The molecule has 2 aliphatic carbocycles. The minimum absolute atomic E-state index is 0.866. The van der Waals surface area contributed by atoms with E-state index in [0.29, 0.717) is 0 Å². The van der Waals surface area contributed by atoms with Gasteiger partial charge in [-0.3, -0.25) is 0 Å². The van der Waals surface area contributed by atoms with Crippen molar-refractivity contribution in [1.82, 2.24) is 13.7 Å². The van der Waals surface area contributed by atoms with Gasteiger partial charge in [-0.15, -0.1) is 0 Å². The zero-order chi connectivity index (χ0) is 44.4. The zero-order valence-electron chi connectivity index (χ0n) is 37.9. The van der Waals surface area contributed by atoms with E-state index < -0.39 is 0 Å². The summed E-state index contributed by atoms with van der Waals surface area (Å²) in [4.78, 5) is 0. The SMILES string of the molecule is Cc1cc(Cc2ccc(-n3c4ccccc4c4ccccc43)cc2)c(Cc2ccc(-n3c4c(c5ccccc53)CCC=C4)cc2)cc1Cc1ccc(-n2c3c(c4ccccc42)CCC=C3)cc1. The Kier molecular flexibility index (Phi) is 9.56. The number of allylic oxidation sites excluding steroid dienone is 2. The van der Waals surface area contributed by atoms with E-state index in [9.17, 15) is 0 Å². The maximum Gasteiger partial charge on any atom is 0.0541 e. The molecular formula is C64H51N3. The van der Waals surface area contributed by atoms with Crippen LogP contribution in [0.5, 0.6) is 0 Å². The first kappa shape index (κ1) is 39.5. The molecule has 3 nitrogen and oxygen atoms in total. The van der Waals surface area contributed by atoms with Crippen molar-refractivity contribution in [2.45, 2.75) is 51.9 Å². The maximum absolute atomic E-state index is 2.51. The fourth-order valence-electron chi connectivity index (χ4n) is 11.5. The van der Waals surface area contributed by atoms with Crippen molar-refractivity contribution < 1.29 is 0 Å². The standard InChI is InChI=1S/C64H51N3/c1-43-38-48(40-45-28-34-51(35-29-45)66-61-22-10-4-16-55(61)56-17-5-11-23-62(56)66)49(41-46-30-36-52(37-31-46)67-63-24-12-6-18-57(63)58-19-7-13-25-64(58)67)42-47(43)39-44-26-32-50(33-27-44)65-59-20-8-2-14-53(59)54-15-3-9-21-60(54)65/h2,4-6,8-14,16-18,20-38,42H,3,7,15,19,39-41H2,1H3. The molecule has 0 N–H and O–H groups in total. The lowest BCUT2D eigenvalue weighted by atomic mass is 9.89. The smallest absolute Gasteiger partial charge is 0.0541 e. The Morgan fingerprint density at radius 2 is 0.716 bits per heavy atom. The van der Waals surface area contributed by atoms with Gasteiger partial charge in [-0.25, -0.2) is 0 Å². The van der Waals surface area contributed by atoms with Crippen molar-refractivity contribution in [2.75, 3.05) is 0 Å². The van der Waals surface area contributed by atoms with Crippen LogP contribution in [0.1, 0.15) is 74.3 Å². The van der Waals surface area contributed by atoms with Crippen LogP contribution < -0.4 is 0 Å². The molecule has 8 aromatic carbocycles. The summed E-state index contributed by atoms with van der Waals surface area (Å²) in [5.74, 6) is 0. The van der Waals surface area contributed by atoms with Gasteiger partial charge in [-0.2, -0.15) is 0 Å². The highest BCUT2D eigenvalue weighted by atomic mass is 15.0. The van der Waals surface area contributed by atoms with Gasteiger partial charge in [0.05, 0.1) is 22.1 Å². The Balaban J connectivity index is 0.842. The second-order valence-electron chi connectivity index (χ2n) is 18.8. The molecule has 0 saturated carbocycles. The Hall–Kier alpha value is -7.88. The molecule has 0 amide bonds. The minimum atomic E-state index is 0.866. The van der Waals surface area contributed by atoms with Crippen LogP contribution in [0.4, 0.5) is 0 Å². The fraction of sp³-hybridized carbons (Fsp3) is 0.125. The van der Waals surface area contributed by atoms with Crippen LogP contribution in [0.2, 0.25) is 0 Å². The Morgan fingerprint density at radius 1 is 0.358 bits per heavy atom. The molecule has 0 saturated heterocycles. The van der Waals surface area contributed by atoms with Crippen molar-refractivity contribution in [3.63, 3.8) is 0 Å². The summed E-state index contributed by atoms with van der Waals surface area (Å²) in [6.45, 7) is 2.30. The summed E-state index contributed by atoms with van der Waals surface area (Å²) in [5, 5.41) is 5.32. The average molecular weight is 862 g/mol. The molecule has 0 aliphatic heterocycles. The lowest BCUT2D eigenvalue weighted by molar-refractivity contribution is 0.966. The van der Waals surface area contributed by atoms with Gasteiger partial charge in [0.25, 0.3) is 0 Å². The molecule has 322 valence electrons. The van der Waals surface area contributed by atoms with Crippen LogP contribution in [0, 0.1) is 6.92 Å². The number of benzene rings is 8. The van der Waals surface area contributed by atoms with Gasteiger partial charge in [-0.1, -0.05) is 133 Å². The number of rotatable bonds is 9. The van der Waals surface area contributed by atoms with Crippen LogP contribution in [0.25, 0.3) is 72.8 Å². The number of aromatic nitrogens is 3. The van der Waals surface area contributed by atoms with E-state index in [1.54, 1.807) is 0 Å². The normalized spacial score (nSPS) is 13.3. The molecule has 13 rings (SSSR count). The lowest BCUT2D eigenvalue weighted by Gasteiger charge is -2.17. The average Bonchev–Trinajstić information content (AvgIpc) is 4.02. The van der Waals surface area contributed by atoms with Crippen LogP contribution in [-0.2, 0) is 32.1 Å². The molecule has 0 radical (unpaired) electrons. The second-order valence-corrected chi connectivity index (χ2v) is 18.8. The molecule has 3 heterocycles. The summed E-state index contributed by atoms with van der Waals surface area (Å²) in [6, 6.07) is 68.2. The molecule has 3 aromatic heterocycles. The molecule has 2 aliphatic rings. The number of para-hydroxylation sites is 4. The van der Waals surface area contributed by atoms with E-state index in [1.165, 1.54) is 122 Å². The van der Waals surface area contributed by atoms with Gasteiger partial charge in [0.2, 0.25) is 0 Å².